The van der Waals surface area contributed by atoms with Crippen LogP contribution in [0.2, 0.25) is 5.02 Å². The van der Waals surface area contributed by atoms with E-state index < -0.39 is 4.92 Å². The fraction of sp³-hybridized carbons (Fsp3) is 0.250. The van der Waals surface area contributed by atoms with Crippen molar-refractivity contribution in [3.8, 4) is 0 Å². The zero-order valence-corrected chi connectivity index (χ0v) is 11.3. The molecular formula is C12H13ClN4O2. The van der Waals surface area contributed by atoms with Crippen LogP contribution in [0.15, 0.2) is 24.4 Å². The van der Waals surface area contributed by atoms with Crippen LogP contribution in [0.4, 0.5) is 17.1 Å². The van der Waals surface area contributed by atoms with Gasteiger partial charge >= 0.3 is 0 Å². The summed E-state index contributed by atoms with van der Waals surface area (Å²) >= 11 is 6.03. The molecule has 2 rings (SSSR count). The number of benzene rings is 1. The Labute approximate surface area is 115 Å². The lowest BCUT2D eigenvalue weighted by Gasteiger charge is -2.07. The highest BCUT2D eigenvalue weighted by atomic mass is 35.5. The number of aryl methyl sites for hydroxylation is 2. The van der Waals surface area contributed by atoms with Crippen LogP contribution >= 0.6 is 11.6 Å². The number of hydrogen-bond donors (Lipinski definition) is 1. The van der Waals surface area contributed by atoms with Crippen molar-refractivity contribution in [2.45, 2.75) is 13.3 Å². The minimum atomic E-state index is -0.475. The van der Waals surface area contributed by atoms with Gasteiger partial charge in [-0.1, -0.05) is 18.5 Å². The summed E-state index contributed by atoms with van der Waals surface area (Å²) < 4.78 is 1.71. The molecule has 2 aromatic rings. The monoisotopic (exact) mass is 280 g/mol. The van der Waals surface area contributed by atoms with E-state index in [0.29, 0.717) is 10.7 Å². The molecule has 0 bridgehead atoms. The molecule has 0 amide bonds. The zero-order chi connectivity index (χ0) is 14.0. The third-order valence-electron chi connectivity index (χ3n) is 2.67. The largest absolute Gasteiger partial charge is 0.352 e. The molecule has 0 spiro atoms. The maximum atomic E-state index is 10.6. The Hall–Kier alpha value is -2.08. The summed E-state index contributed by atoms with van der Waals surface area (Å²) in [5, 5.41) is 18.4. The molecule has 7 heteroatoms. The van der Waals surface area contributed by atoms with Crippen molar-refractivity contribution < 1.29 is 4.92 Å². The first kappa shape index (κ1) is 13.4. The topological polar surface area (TPSA) is 73.0 Å². The van der Waals surface area contributed by atoms with E-state index in [-0.39, 0.29) is 5.69 Å². The standard InChI is InChI=1S/C12H13ClN4O2/c1-3-10-12(7-16(2)15-10)14-11-5-4-8(17(18)19)6-9(11)13/h4-7,14H,3H2,1-2H3. The van der Waals surface area contributed by atoms with Gasteiger partial charge in [0.2, 0.25) is 0 Å². The highest BCUT2D eigenvalue weighted by molar-refractivity contribution is 6.33. The van der Waals surface area contributed by atoms with Gasteiger partial charge in [-0.2, -0.15) is 5.10 Å². The molecule has 100 valence electrons. The molecule has 1 N–H and O–H groups in total. The van der Waals surface area contributed by atoms with Crippen LogP contribution in [0, 0.1) is 10.1 Å². The molecule has 19 heavy (non-hydrogen) atoms. The second kappa shape index (κ2) is 5.27. The van der Waals surface area contributed by atoms with E-state index in [9.17, 15) is 10.1 Å². The molecule has 1 aromatic heterocycles. The number of halogens is 1. The van der Waals surface area contributed by atoms with E-state index in [1.807, 2.05) is 20.2 Å². The summed E-state index contributed by atoms with van der Waals surface area (Å²) in [4.78, 5) is 10.2. The summed E-state index contributed by atoms with van der Waals surface area (Å²) in [5.41, 5.74) is 2.35. The third-order valence-corrected chi connectivity index (χ3v) is 2.99. The fourth-order valence-electron chi connectivity index (χ4n) is 1.76. The summed E-state index contributed by atoms with van der Waals surface area (Å²) in [6.45, 7) is 2.00. The van der Waals surface area contributed by atoms with E-state index in [2.05, 4.69) is 10.4 Å². The molecule has 0 aliphatic carbocycles. The Balaban J connectivity index is 2.30. The van der Waals surface area contributed by atoms with Gasteiger partial charge in [0.15, 0.2) is 0 Å². The van der Waals surface area contributed by atoms with Gasteiger partial charge in [-0.3, -0.25) is 14.8 Å². The molecule has 0 aliphatic heterocycles. The summed E-state index contributed by atoms with van der Waals surface area (Å²) in [6.07, 6.45) is 2.63. The number of hydrogen-bond acceptors (Lipinski definition) is 4. The molecule has 0 atom stereocenters. The van der Waals surface area contributed by atoms with Crippen molar-refractivity contribution in [1.82, 2.24) is 9.78 Å². The minimum absolute atomic E-state index is 0.0301. The van der Waals surface area contributed by atoms with Crippen LogP contribution in [-0.2, 0) is 13.5 Å². The Morgan fingerprint density at radius 1 is 1.47 bits per heavy atom. The third kappa shape index (κ3) is 2.85. The second-order valence-electron chi connectivity index (χ2n) is 4.06. The van der Waals surface area contributed by atoms with Crippen molar-refractivity contribution in [2.75, 3.05) is 5.32 Å². The summed E-state index contributed by atoms with van der Waals surface area (Å²) in [6, 6.07) is 4.33. The second-order valence-corrected chi connectivity index (χ2v) is 4.47. The number of nitro groups is 1. The van der Waals surface area contributed by atoms with Gasteiger partial charge in [0.25, 0.3) is 5.69 Å². The van der Waals surface area contributed by atoms with Gasteiger partial charge in [0.1, 0.15) is 0 Å². The Bertz CT molecular complexity index is 624. The Morgan fingerprint density at radius 2 is 2.21 bits per heavy atom. The van der Waals surface area contributed by atoms with Gasteiger partial charge < -0.3 is 5.32 Å². The first-order valence-electron chi connectivity index (χ1n) is 5.74. The lowest BCUT2D eigenvalue weighted by molar-refractivity contribution is -0.384. The lowest BCUT2D eigenvalue weighted by atomic mass is 10.2. The smallest absolute Gasteiger partial charge is 0.271 e. The molecule has 0 unspecified atom stereocenters. The SMILES string of the molecule is CCc1nn(C)cc1Nc1ccc([N+](=O)[O-])cc1Cl. The van der Waals surface area contributed by atoms with Crippen LogP contribution in [0.1, 0.15) is 12.6 Å². The van der Waals surface area contributed by atoms with Crippen LogP contribution in [-0.4, -0.2) is 14.7 Å². The Kier molecular flexibility index (Phi) is 3.71. The van der Waals surface area contributed by atoms with E-state index in [4.69, 9.17) is 11.6 Å². The predicted octanol–water partition coefficient (Wildman–Crippen LogP) is 3.29. The molecule has 1 heterocycles. The number of non-ortho nitro benzene ring substituents is 1. The van der Waals surface area contributed by atoms with Crippen molar-refractivity contribution in [3.05, 3.63) is 45.2 Å². The van der Waals surface area contributed by atoms with Crippen molar-refractivity contribution in [2.24, 2.45) is 7.05 Å². The average Bonchev–Trinajstić information content (AvgIpc) is 2.71. The quantitative estimate of drug-likeness (QED) is 0.689. The van der Waals surface area contributed by atoms with Gasteiger partial charge in [0, 0.05) is 25.4 Å². The fourth-order valence-corrected chi connectivity index (χ4v) is 1.99. The van der Waals surface area contributed by atoms with Crippen LogP contribution in [0.5, 0.6) is 0 Å². The zero-order valence-electron chi connectivity index (χ0n) is 10.6. The predicted molar refractivity (Wildman–Crippen MR) is 74.0 cm³/mol. The van der Waals surface area contributed by atoms with E-state index in [0.717, 1.165) is 17.8 Å². The van der Waals surface area contributed by atoms with Crippen LogP contribution in [0.25, 0.3) is 0 Å². The number of nitrogens with zero attached hydrogens (tertiary/aromatic N) is 3. The first-order valence-corrected chi connectivity index (χ1v) is 6.12. The maximum Gasteiger partial charge on any atom is 0.271 e. The normalized spacial score (nSPS) is 10.5. The van der Waals surface area contributed by atoms with Gasteiger partial charge in [0.05, 0.1) is 27.0 Å². The van der Waals surface area contributed by atoms with Gasteiger partial charge in [-0.05, 0) is 12.5 Å². The maximum absolute atomic E-state index is 10.6. The molecule has 0 fully saturated rings. The number of nitro benzene ring substituents is 1. The summed E-state index contributed by atoms with van der Waals surface area (Å²) in [5.74, 6) is 0. The lowest BCUT2D eigenvalue weighted by Crippen LogP contribution is -1.95. The Morgan fingerprint density at radius 3 is 2.79 bits per heavy atom. The van der Waals surface area contributed by atoms with E-state index in [1.165, 1.54) is 12.1 Å². The molecule has 0 aliphatic rings. The molecule has 0 saturated carbocycles. The van der Waals surface area contributed by atoms with E-state index in [1.54, 1.807) is 10.7 Å². The first-order chi connectivity index (χ1) is 9.01. The molecular weight excluding hydrogens is 268 g/mol. The van der Waals surface area contributed by atoms with Gasteiger partial charge in [-0.15, -0.1) is 0 Å². The van der Waals surface area contributed by atoms with Crippen molar-refractivity contribution in [3.63, 3.8) is 0 Å². The number of rotatable bonds is 4. The minimum Gasteiger partial charge on any atom is -0.352 e. The van der Waals surface area contributed by atoms with Crippen molar-refractivity contribution >= 4 is 28.7 Å². The molecule has 1 aromatic carbocycles. The number of anilines is 2. The molecule has 0 radical (unpaired) electrons. The summed E-state index contributed by atoms with van der Waals surface area (Å²) in [7, 11) is 1.84. The van der Waals surface area contributed by atoms with E-state index >= 15 is 0 Å². The highest BCUT2D eigenvalue weighted by Gasteiger charge is 2.12. The molecule has 6 nitrogen and oxygen atoms in total. The number of aromatic nitrogens is 2. The average molecular weight is 281 g/mol. The van der Waals surface area contributed by atoms with Crippen molar-refractivity contribution in [1.29, 1.82) is 0 Å². The highest BCUT2D eigenvalue weighted by Crippen LogP contribution is 2.30. The number of nitrogens with one attached hydrogen (secondary N) is 1. The van der Waals surface area contributed by atoms with Gasteiger partial charge in [-0.25, -0.2) is 0 Å². The molecule has 0 saturated heterocycles. The van der Waals surface area contributed by atoms with Crippen LogP contribution in [0.3, 0.4) is 0 Å². The van der Waals surface area contributed by atoms with Crippen LogP contribution < -0.4 is 5.32 Å².